The number of aryl methyl sites for hydroxylation is 1. The molecule has 1 amide bonds. The molecule has 4 nitrogen and oxygen atoms in total. The summed E-state index contributed by atoms with van der Waals surface area (Å²) in [6, 6.07) is 17.9. The number of carbonyl (C=O) groups is 1. The van der Waals surface area contributed by atoms with E-state index < -0.39 is 5.54 Å². The highest BCUT2D eigenvalue weighted by Gasteiger charge is 2.36. The number of carbonyl (C=O) groups excluding carboxylic acids is 1. The van der Waals surface area contributed by atoms with E-state index in [9.17, 15) is 4.79 Å². The van der Waals surface area contributed by atoms with Crippen molar-refractivity contribution < 1.29 is 9.53 Å². The van der Waals surface area contributed by atoms with Crippen molar-refractivity contribution in [3.8, 4) is 5.75 Å². The number of nitrogens with one attached hydrogen (secondary N) is 1. The minimum absolute atomic E-state index is 0.0819. The molecular weight excluding hydrogens is 312 g/mol. The predicted molar refractivity (Wildman–Crippen MR) is 101 cm³/mol. The summed E-state index contributed by atoms with van der Waals surface area (Å²) in [5.74, 6) is 0.732. The summed E-state index contributed by atoms with van der Waals surface area (Å²) >= 11 is 0. The van der Waals surface area contributed by atoms with E-state index in [1.54, 1.807) is 0 Å². The van der Waals surface area contributed by atoms with Gasteiger partial charge in [-0.3, -0.25) is 4.79 Å². The normalized spacial score (nSPS) is 15.7. The standard InChI is InChI=1S/C21H26N2O2/c22-21(14-4-5-15-21)20(24)23-18-10-12-19(13-11-18)25-16-6-9-17-7-2-1-3-8-17/h1-3,7-8,10-13H,4-6,9,14-16,22H2,(H,23,24). The number of nitrogens with two attached hydrogens (primary N) is 1. The van der Waals surface area contributed by atoms with Gasteiger partial charge in [-0.1, -0.05) is 43.2 Å². The van der Waals surface area contributed by atoms with Gasteiger partial charge in [-0.15, -0.1) is 0 Å². The molecule has 0 atom stereocenters. The SMILES string of the molecule is NC1(C(=O)Nc2ccc(OCCCc3ccccc3)cc2)CCCC1. The van der Waals surface area contributed by atoms with E-state index in [0.29, 0.717) is 6.61 Å². The molecule has 2 aromatic carbocycles. The Morgan fingerprint density at radius 3 is 2.40 bits per heavy atom. The van der Waals surface area contributed by atoms with Crippen LogP contribution >= 0.6 is 0 Å². The topological polar surface area (TPSA) is 64.4 Å². The van der Waals surface area contributed by atoms with E-state index in [-0.39, 0.29) is 5.91 Å². The van der Waals surface area contributed by atoms with E-state index in [2.05, 4.69) is 29.6 Å². The van der Waals surface area contributed by atoms with Gasteiger partial charge in [-0.05, 0) is 55.5 Å². The summed E-state index contributed by atoms with van der Waals surface area (Å²) in [6.07, 6.45) is 5.56. The van der Waals surface area contributed by atoms with Crippen LogP contribution in [0.4, 0.5) is 5.69 Å². The van der Waals surface area contributed by atoms with Crippen LogP contribution in [0.2, 0.25) is 0 Å². The van der Waals surface area contributed by atoms with Gasteiger partial charge >= 0.3 is 0 Å². The van der Waals surface area contributed by atoms with Gasteiger partial charge < -0.3 is 15.8 Å². The number of rotatable bonds is 7. The zero-order chi connectivity index (χ0) is 17.5. The van der Waals surface area contributed by atoms with Crippen molar-refractivity contribution in [2.45, 2.75) is 44.1 Å². The fourth-order valence-electron chi connectivity index (χ4n) is 3.23. The molecule has 3 N–H and O–H groups in total. The lowest BCUT2D eigenvalue weighted by Crippen LogP contribution is -2.48. The van der Waals surface area contributed by atoms with Gasteiger partial charge in [-0.2, -0.15) is 0 Å². The second-order valence-corrected chi connectivity index (χ2v) is 6.78. The van der Waals surface area contributed by atoms with Gasteiger partial charge in [0.2, 0.25) is 5.91 Å². The highest BCUT2D eigenvalue weighted by Crippen LogP contribution is 2.28. The Balaban J connectivity index is 1.43. The molecule has 25 heavy (non-hydrogen) atoms. The minimum atomic E-state index is -0.702. The maximum Gasteiger partial charge on any atom is 0.244 e. The molecule has 132 valence electrons. The van der Waals surface area contributed by atoms with E-state index in [1.807, 2.05) is 30.3 Å². The molecule has 3 rings (SSSR count). The average molecular weight is 338 g/mol. The fourth-order valence-corrected chi connectivity index (χ4v) is 3.23. The largest absolute Gasteiger partial charge is 0.494 e. The van der Waals surface area contributed by atoms with Crippen molar-refractivity contribution in [2.75, 3.05) is 11.9 Å². The third-order valence-electron chi connectivity index (χ3n) is 4.78. The van der Waals surface area contributed by atoms with Crippen LogP contribution < -0.4 is 15.8 Å². The van der Waals surface area contributed by atoms with Gasteiger partial charge in [0, 0.05) is 5.69 Å². The molecule has 0 radical (unpaired) electrons. The average Bonchev–Trinajstić information content (AvgIpc) is 3.09. The Bertz CT molecular complexity index is 677. The number of amides is 1. The Kier molecular flexibility index (Phi) is 5.71. The van der Waals surface area contributed by atoms with Gasteiger partial charge in [0.25, 0.3) is 0 Å². The van der Waals surface area contributed by atoms with Crippen molar-refractivity contribution in [2.24, 2.45) is 5.73 Å². The first-order valence-corrected chi connectivity index (χ1v) is 9.03. The van der Waals surface area contributed by atoms with Gasteiger partial charge in [0.15, 0.2) is 0 Å². The Labute approximate surface area is 149 Å². The van der Waals surface area contributed by atoms with Crippen LogP contribution in [0.15, 0.2) is 54.6 Å². The zero-order valence-corrected chi connectivity index (χ0v) is 14.5. The van der Waals surface area contributed by atoms with Crippen LogP contribution in [-0.2, 0) is 11.2 Å². The fraction of sp³-hybridized carbons (Fsp3) is 0.381. The molecule has 2 aromatic rings. The lowest BCUT2D eigenvalue weighted by molar-refractivity contribution is -0.121. The van der Waals surface area contributed by atoms with Gasteiger partial charge in [-0.25, -0.2) is 0 Å². The Hall–Kier alpha value is -2.33. The summed E-state index contributed by atoms with van der Waals surface area (Å²) < 4.78 is 5.77. The van der Waals surface area contributed by atoms with Crippen molar-refractivity contribution >= 4 is 11.6 Å². The molecular formula is C21H26N2O2. The van der Waals surface area contributed by atoms with Crippen LogP contribution in [-0.4, -0.2) is 18.1 Å². The second kappa shape index (κ2) is 8.17. The molecule has 0 aliphatic heterocycles. The summed E-state index contributed by atoms with van der Waals surface area (Å²) in [7, 11) is 0. The summed E-state index contributed by atoms with van der Waals surface area (Å²) in [4.78, 5) is 12.3. The Morgan fingerprint density at radius 2 is 1.72 bits per heavy atom. The number of hydrogen-bond acceptors (Lipinski definition) is 3. The molecule has 4 heteroatoms. The van der Waals surface area contributed by atoms with Crippen molar-refractivity contribution in [3.05, 3.63) is 60.2 Å². The third kappa shape index (κ3) is 4.83. The quantitative estimate of drug-likeness (QED) is 0.752. The first-order valence-electron chi connectivity index (χ1n) is 9.03. The zero-order valence-electron chi connectivity index (χ0n) is 14.5. The molecule has 0 saturated heterocycles. The summed E-state index contributed by atoms with van der Waals surface area (Å²) in [5, 5.41) is 2.92. The third-order valence-corrected chi connectivity index (χ3v) is 4.78. The number of benzene rings is 2. The molecule has 1 fully saturated rings. The minimum Gasteiger partial charge on any atom is -0.494 e. The molecule has 0 spiro atoms. The Morgan fingerprint density at radius 1 is 1.04 bits per heavy atom. The van der Waals surface area contributed by atoms with Crippen molar-refractivity contribution in [1.29, 1.82) is 0 Å². The monoisotopic (exact) mass is 338 g/mol. The first kappa shape index (κ1) is 17.5. The molecule has 0 bridgehead atoms. The smallest absolute Gasteiger partial charge is 0.244 e. The molecule has 0 aromatic heterocycles. The predicted octanol–water partition coefficient (Wildman–Crippen LogP) is 3.91. The van der Waals surface area contributed by atoms with Crippen LogP contribution in [0.1, 0.15) is 37.7 Å². The van der Waals surface area contributed by atoms with Crippen LogP contribution in [0.25, 0.3) is 0 Å². The molecule has 0 heterocycles. The summed E-state index contributed by atoms with van der Waals surface area (Å²) in [5.41, 5.74) is 7.56. The molecule has 1 saturated carbocycles. The lowest BCUT2D eigenvalue weighted by atomic mass is 9.98. The maximum atomic E-state index is 12.3. The molecule has 1 aliphatic carbocycles. The van der Waals surface area contributed by atoms with Crippen molar-refractivity contribution in [3.63, 3.8) is 0 Å². The highest BCUT2D eigenvalue weighted by atomic mass is 16.5. The molecule has 1 aliphatic rings. The van der Waals surface area contributed by atoms with Crippen LogP contribution in [0.3, 0.4) is 0 Å². The first-order chi connectivity index (χ1) is 12.2. The van der Waals surface area contributed by atoms with E-state index >= 15 is 0 Å². The number of ether oxygens (including phenoxy) is 1. The molecule has 0 unspecified atom stereocenters. The van der Waals surface area contributed by atoms with E-state index in [0.717, 1.165) is 50.0 Å². The number of hydrogen-bond donors (Lipinski definition) is 2. The summed E-state index contributed by atoms with van der Waals surface area (Å²) in [6.45, 7) is 0.673. The van der Waals surface area contributed by atoms with Crippen molar-refractivity contribution in [1.82, 2.24) is 0 Å². The second-order valence-electron chi connectivity index (χ2n) is 6.78. The lowest BCUT2D eigenvalue weighted by Gasteiger charge is -2.22. The van der Waals surface area contributed by atoms with Gasteiger partial charge in [0.05, 0.1) is 12.1 Å². The van der Waals surface area contributed by atoms with Gasteiger partial charge in [0.1, 0.15) is 5.75 Å². The highest BCUT2D eigenvalue weighted by molar-refractivity contribution is 5.98. The number of anilines is 1. The van der Waals surface area contributed by atoms with E-state index in [4.69, 9.17) is 10.5 Å². The van der Waals surface area contributed by atoms with E-state index in [1.165, 1.54) is 5.56 Å². The van der Waals surface area contributed by atoms with Crippen LogP contribution in [0.5, 0.6) is 5.75 Å². The maximum absolute atomic E-state index is 12.3. The van der Waals surface area contributed by atoms with Crippen LogP contribution in [0, 0.1) is 0 Å².